The molecule has 0 fully saturated rings. The Labute approximate surface area is 119 Å². The molecule has 0 aliphatic carbocycles. The lowest BCUT2D eigenvalue weighted by Crippen LogP contribution is -2.10. The number of hydrogen-bond donors (Lipinski definition) is 1. The molecule has 1 aromatic heterocycles. The monoisotopic (exact) mass is 284 g/mol. The first-order valence-electron chi connectivity index (χ1n) is 7.13. The molecule has 1 N–H and O–H groups in total. The standard InChI is InChI=1S/C13H24N4O3/c1-4-7-11-12(17(18)19)13(16(3)15-11)14-8-6-10-20-9-5-2/h14H,4-10H2,1-3H3. The van der Waals surface area contributed by atoms with Gasteiger partial charge in [0.1, 0.15) is 5.69 Å². The van der Waals surface area contributed by atoms with E-state index in [0.717, 1.165) is 25.9 Å². The molecular formula is C13H24N4O3. The average Bonchev–Trinajstić information content (AvgIpc) is 2.70. The maximum atomic E-state index is 11.2. The summed E-state index contributed by atoms with van der Waals surface area (Å²) in [5.41, 5.74) is 0.647. The Hall–Kier alpha value is -1.63. The summed E-state index contributed by atoms with van der Waals surface area (Å²) in [4.78, 5) is 10.8. The topological polar surface area (TPSA) is 82.2 Å². The first kappa shape index (κ1) is 16.4. The van der Waals surface area contributed by atoms with Crippen molar-refractivity contribution in [2.45, 2.75) is 39.5 Å². The Kier molecular flexibility index (Phi) is 7.00. The fourth-order valence-corrected chi connectivity index (χ4v) is 1.99. The summed E-state index contributed by atoms with van der Waals surface area (Å²) >= 11 is 0. The largest absolute Gasteiger partial charge is 0.381 e. The van der Waals surface area contributed by atoms with Gasteiger partial charge in [0.05, 0.1) is 4.92 Å². The van der Waals surface area contributed by atoms with E-state index in [2.05, 4.69) is 17.3 Å². The van der Waals surface area contributed by atoms with Gasteiger partial charge in [-0.15, -0.1) is 0 Å². The van der Waals surface area contributed by atoms with E-state index in [1.165, 1.54) is 0 Å². The molecule has 0 unspecified atom stereocenters. The van der Waals surface area contributed by atoms with Crippen molar-refractivity contribution in [3.05, 3.63) is 15.8 Å². The number of nitrogens with zero attached hydrogens (tertiary/aromatic N) is 3. The molecule has 20 heavy (non-hydrogen) atoms. The zero-order valence-corrected chi connectivity index (χ0v) is 12.5. The van der Waals surface area contributed by atoms with Gasteiger partial charge in [-0.05, 0) is 19.3 Å². The molecule has 114 valence electrons. The summed E-state index contributed by atoms with van der Waals surface area (Å²) < 4.78 is 6.93. The Morgan fingerprint density at radius 2 is 2.10 bits per heavy atom. The van der Waals surface area contributed by atoms with E-state index in [9.17, 15) is 10.1 Å². The molecule has 0 atom stereocenters. The Morgan fingerprint density at radius 3 is 2.70 bits per heavy atom. The molecule has 1 rings (SSSR count). The van der Waals surface area contributed by atoms with Gasteiger partial charge in [-0.2, -0.15) is 5.10 Å². The second-order valence-electron chi connectivity index (χ2n) is 4.67. The van der Waals surface area contributed by atoms with Crippen LogP contribution >= 0.6 is 0 Å². The lowest BCUT2D eigenvalue weighted by Gasteiger charge is -2.06. The molecule has 0 saturated heterocycles. The maximum Gasteiger partial charge on any atom is 0.333 e. The van der Waals surface area contributed by atoms with Gasteiger partial charge in [0.15, 0.2) is 0 Å². The number of hydrogen-bond acceptors (Lipinski definition) is 5. The minimum atomic E-state index is -0.353. The highest BCUT2D eigenvalue weighted by molar-refractivity contribution is 5.59. The van der Waals surface area contributed by atoms with Crippen molar-refractivity contribution in [2.75, 3.05) is 25.1 Å². The highest BCUT2D eigenvalue weighted by Crippen LogP contribution is 2.28. The predicted molar refractivity (Wildman–Crippen MR) is 78.1 cm³/mol. The molecule has 0 radical (unpaired) electrons. The second-order valence-corrected chi connectivity index (χ2v) is 4.67. The smallest absolute Gasteiger partial charge is 0.333 e. The van der Waals surface area contributed by atoms with Crippen LogP contribution in [0.25, 0.3) is 0 Å². The van der Waals surface area contributed by atoms with Crippen molar-refractivity contribution in [2.24, 2.45) is 7.05 Å². The van der Waals surface area contributed by atoms with E-state index >= 15 is 0 Å². The highest BCUT2D eigenvalue weighted by Gasteiger charge is 2.25. The summed E-state index contributed by atoms with van der Waals surface area (Å²) in [6.07, 6.45) is 3.26. The van der Waals surface area contributed by atoms with E-state index in [0.29, 0.717) is 31.1 Å². The molecule has 0 amide bonds. The molecule has 7 nitrogen and oxygen atoms in total. The van der Waals surface area contributed by atoms with E-state index in [1.807, 2.05) is 6.92 Å². The molecule has 0 saturated carbocycles. The SMILES string of the molecule is CCCOCCCNc1c([N+](=O)[O-])c(CCC)nn1C. The third-order valence-electron chi connectivity index (χ3n) is 2.87. The second kappa shape index (κ2) is 8.52. The fraction of sp³-hybridized carbons (Fsp3) is 0.769. The first-order chi connectivity index (χ1) is 9.61. The summed E-state index contributed by atoms with van der Waals surface area (Å²) in [5.74, 6) is 0.481. The van der Waals surface area contributed by atoms with Crippen LogP contribution in [0.5, 0.6) is 0 Å². The third kappa shape index (κ3) is 4.48. The fourth-order valence-electron chi connectivity index (χ4n) is 1.99. The van der Waals surface area contributed by atoms with Crippen LogP contribution in [0.2, 0.25) is 0 Å². The average molecular weight is 284 g/mol. The van der Waals surface area contributed by atoms with E-state index < -0.39 is 0 Å². The zero-order valence-electron chi connectivity index (χ0n) is 12.5. The summed E-state index contributed by atoms with van der Waals surface area (Å²) in [5, 5.41) is 18.5. The van der Waals surface area contributed by atoms with Crippen LogP contribution < -0.4 is 5.32 Å². The van der Waals surface area contributed by atoms with E-state index in [-0.39, 0.29) is 10.6 Å². The van der Waals surface area contributed by atoms with E-state index in [1.54, 1.807) is 11.7 Å². The van der Waals surface area contributed by atoms with Gasteiger partial charge < -0.3 is 10.1 Å². The number of ether oxygens (including phenoxy) is 1. The lowest BCUT2D eigenvalue weighted by molar-refractivity contribution is -0.384. The predicted octanol–water partition coefficient (Wildman–Crippen LogP) is 2.51. The maximum absolute atomic E-state index is 11.2. The van der Waals surface area contributed by atoms with Crippen LogP contribution in [0, 0.1) is 10.1 Å². The molecule has 0 bridgehead atoms. The van der Waals surface area contributed by atoms with Crippen LogP contribution in [0.4, 0.5) is 11.5 Å². The third-order valence-corrected chi connectivity index (χ3v) is 2.87. The number of anilines is 1. The summed E-state index contributed by atoms with van der Waals surface area (Å²) in [6.45, 7) is 6.10. The highest BCUT2D eigenvalue weighted by atomic mass is 16.6. The lowest BCUT2D eigenvalue weighted by atomic mass is 10.2. The molecule has 0 aromatic carbocycles. The molecule has 1 heterocycles. The number of rotatable bonds is 10. The first-order valence-corrected chi connectivity index (χ1v) is 7.13. The van der Waals surface area contributed by atoms with Crippen molar-refractivity contribution >= 4 is 11.5 Å². The number of nitro groups is 1. The van der Waals surface area contributed by atoms with Gasteiger partial charge in [0.25, 0.3) is 0 Å². The minimum Gasteiger partial charge on any atom is -0.381 e. The van der Waals surface area contributed by atoms with Crippen molar-refractivity contribution in [1.29, 1.82) is 0 Å². The Morgan fingerprint density at radius 1 is 1.35 bits per heavy atom. The minimum absolute atomic E-state index is 0.101. The van der Waals surface area contributed by atoms with Gasteiger partial charge in [0.2, 0.25) is 5.82 Å². The van der Waals surface area contributed by atoms with Gasteiger partial charge in [-0.3, -0.25) is 10.1 Å². The van der Waals surface area contributed by atoms with Crippen molar-refractivity contribution in [3.63, 3.8) is 0 Å². The van der Waals surface area contributed by atoms with E-state index in [4.69, 9.17) is 4.74 Å². The molecular weight excluding hydrogens is 260 g/mol. The Bertz CT molecular complexity index is 431. The van der Waals surface area contributed by atoms with Crippen molar-refractivity contribution in [1.82, 2.24) is 9.78 Å². The van der Waals surface area contributed by atoms with Crippen molar-refractivity contribution < 1.29 is 9.66 Å². The van der Waals surface area contributed by atoms with Gasteiger partial charge in [-0.1, -0.05) is 20.3 Å². The molecule has 7 heteroatoms. The zero-order chi connectivity index (χ0) is 15.0. The molecule has 0 aliphatic rings. The Balaban J connectivity index is 2.62. The van der Waals surface area contributed by atoms with Crippen LogP contribution in [-0.2, 0) is 18.2 Å². The van der Waals surface area contributed by atoms with Crippen LogP contribution in [-0.4, -0.2) is 34.5 Å². The quantitative estimate of drug-likeness (QED) is 0.405. The van der Waals surface area contributed by atoms with Gasteiger partial charge >= 0.3 is 5.69 Å². The normalized spacial score (nSPS) is 10.8. The van der Waals surface area contributed by atoms with Crippen LogP contribution in [0.15, 0.2) is 0 Å². The van der Waals surface area contributed by atoms with Gasteiger partial charge in [-0.25, -0.2) is 4.68 Å². The van der Waals surface area contributed by atoms with Gasteiger partial charge in [0, 0.05) is 26.8 Å². The molecule has 0 aliphatic heterocycles. The van der Waals surface area contributed by atoms with Crippen LogP contribution in [0.1, 0.15) is 38.8 Å². The molecule has 1 aromatic rings. The molecule has 0 spiro atoms. The summed E-state index contributed by atoms with van der Waals surface area (Å²) in [7, 11) is 1.72. The van der Waals surface area contributed by atoms with Crippen molar-refractivity contribution in [3.8, 4) is 0 Å². The summed E-state index contributed by atoms with van der Waals surface area (Å²) in [6, 6.07) is 0. The number of nitrogens with one attached hydrogen (secondary N) is 1. The number of aryl methyl sites for hydroxylation is 2. The number of aromatic nitrogens is 2. The van der Waals surface area contributed by atoms with Crippen LogP contribution in [0.3, 0.4) is 0 Å².